The number of hydrogen-bond donors (Lipinski definition) is 0. The lowest BCUT2D eigenvalue weighted by molar-refractivity contribution is 0.0841. The number of carbonyl (C=O) groups is 2. The van der Waals surface area contributed by atoms with Crippen LogP contribution in [0.2, 0.25) is 5.02 Å². The fourth-order valence-corrected chi connectivity index (χ4v) is 5.33. The minimum Gasteiger partial charge on any atom is -0.436 e. The fraction of sp³-hybridized carbons (Fsp3) is 0.107. The van der Waals surface area contributed by atoms with Gasteiger partial charge in [-0.05, 0) is 23.3 Å². The van der Waals surface area contributed by atoms with Crippen LogP contribution in [0.25, 0.3) is 11.1 Å². The number of amides is 1. The SMILES string of the molecule is CN(Cc1cc(Cl)cnc1Sc1ccccc1C=O)C(=O)OC1c2ccccc2-c2ccccc21. The number of aldehydes is 1. The van der Waals surface area contributed by atoms with E-state index in [1.807, 2.05) is 66.7 Å². The number of hydrogen-bond acceptors (Lipinski definition) is 5. The van der Waals surface area contributed by atoms with Gasteiger partial charge in [0, 0.05) is 40.4 Å². The average molecular weight is 501 g/mol. The van der Waals surface area contributed by atoms with Gasteiger partial charge in [-0.2, -0.15) is 0 Å². The first-order chi connectivity index (χ1) is 17.0. The molecule has 0 atom stereocenters. The van der Waals surface area contributed by atoms with Gasteiger partial charge in [0.05, 0.1) is 11.6 Å². The number of carbonyl (C=O) groups excluding carboxylic acids is 2. The van der Waals surface area contributed by atoms with Gasteiger partial charge in [-0.15, -0.1) is 0 Å². The van der Waals surface area contributed by atoms with Crippen molar-refractivity contribution < 1.29 is 14.3 Å². The van der Waals surface area contributed by atoms with Crippen molar-refractivity contribution in [1.82, 2.24) is 9.88 Å². The highest BCUT2D eigenvalue weighted by Gasteiger charge is 2.32. The molecule has 5 nitrogen and oxygen atoms in total. The number of pyridine rings is 1. The van der Waals surface area contributed by atoms with Crippen LogP contribution in [0.5, 0.6) is 0 Å². The maximum absolute atomic E-state index is 13.2. The summed E-state index contributed by atoms with van der Waals surface area (Å²) in [6.45, 7) is 0.244. The third-order valence-electron chi connectivity index (χ3n) is 5.86. The van der Waals surface area contributed by atoms with E-state index in [2.05, 4.69) is 4.98 Å². The standard InChI is InChI=1S/C28H21ClN2O3S/c1-31(16-19-14-20(29)15-30-27(19)35-25-13-7-2-8-18(25)17-32)28(33)34-26-23-11-5-3-9-21(23)22-10-4-6-12-24(22)26/h2-15,17,26H,16H2,1H3. The van der Waals surface area contributed by atoms with Gasteiger partial charge in [0.2, 0.25) is 0 Å². The average Bonchev–Trinajstić information content (AvgIpc) is 3.19. The molecule has 35 heavy (non-hydrogen) atoms. The van der Waals surface area contributed by atoms with Crippen molar-refractivity contribution in [2.75, 3.05) is 7.05 Å². The molecular formula is C28H21ClN2O3S. The molecule has 1 aliphatic rings. The van der Waals surface area contributed by atoms with Crippen molar-refractivity contribution in [2.45, 2.75) is 22.6 Å². The lowest BCUT2D eigenvalue weighted by atomic mass is 10.1. The van der Waals surface area contributed by atoms with Crippen LogP contribution in [-0.4, -0.2) is 29.3 Å². The van der Waals surface area contributed by atoms with Crippen molar-refractivity contribution in [1.29, 1.82) is 0 Å². The third-order valence-corrected chi connectivity index (χ3v) is 7.22. The van der Waals surface area contributed by atoms with Crippen LogP contribution in [0.4, 0.5) is 4.79 Å². The maximum atomic E-state index is 13.2. The zero-order chi connectivity index (χ0) is 24.4. The summed E-state index contributed by atoms with van der Waals surface area (Å²) >= 11 is 7.59. The largest absolute Gasteiger partial charge is 0.436 e. The van der Waals surface area contributed by atoms with Crippen molar-refractivity contribution in [2.24, 2.45) is 0 Å². The highest BCUT2D eigenvalue weighted by molar-refractivity contribution is 7.99. The number of fused-ring (bicyclic) bond motifs is 3. The number of rotatable bonds is 6. The first-order valence-corrected chi connectivity index (χ1v) is 12.2. The molecule has 7 heteroatoms. The number of aromatic nitrogens is 1. The third kappa shape index (κ3) is 4.67. The minimum absolute atomic E-state index is 0.244. The van der Waals surface area contributed by atoms with Gasteiger partial charge in [0.25, 0.3) is 0 Å². The summed E-state index contributed by atoms with van der Waals surface area (Å²) in [5.74, 6) is 0. The number of benzene rings is 3. The van der Waals surface area contributed by atoms with Crippen LogP contribution < -0.4 is 0 Å². The molecule has 5 rings (SSSR count). The number of ether oxygens (including phenoxy) is 1. The minimum atomic E-state index is -0.469. The van der Waals surface area contributed by atoms with Crippen molar-refractivity contribution >= 4 is 35.7 Å². The predicted octanol–water partition coefficient (Wildman–Crippen LogP) is 7.04. The first kappa shape index (κ1) is 23.1. The molecule has 0 saturated carbocycles. The smallest absolute Gasteiger partial charge is 0.410 e. The van der Waals surface area contributed by atoms with Crippen LogP contribution in [0.3, 0.4) is 0 Å². The van der Waals surface area contributed by atoms with E-state index in [9.17, 15) is 9.59 Å². The Balaban J connectivity index is 1.37. The van der Waals surface area contributed by atoms with Crippen molar-refractivity contribution in [3.63, 3.8) is 0 Å². The molecule has 1 aliphatic carbocycles. The molecule has 174 valence electrons. The van der Waals surface area contributed by atoms with Crippen LogP contribution in [0.1, 0.15) is 33.2 Å². The zero-order valence-corrected chi connectivity index (χ0v) is 20.4. The van der Waals surface area contributed by atoms with Crippen molar-refractivity contribution in [3.8, 4) is 11.1 Å². The summed E-state index contributed by atoms with van der Waals surface area (Å²) in [6.07, 6.45) is 1.45. The Bertz CT molecular complexity index is 1380. The van der Waals surface area contributed by atoms with Gasteiger partial charge < -0.3 is 9.64 Å². The van der Waals surface area contributed by atoms with E-state index >= 15 is 0 Å². The monoisotopic (exact) mass is 500 g/mol. The highest BCUT2D eigenvalue weighted by atomic mass is 35.5. The molecule has 1 aromatic heterocycles. The molecule has 0 saturated heterocycles. The summed E-state index contributed by atoms with van der Waals surface area (Å²) in [4.78, 5) is 31.4. The molecular weight excluding hydrogens is 480 g/mol. The van der Waals surface area contributed by atoms with Crippen molar-refractivity contribution in [3.05, 3.63) is 112 Å². The molecule has 0 aliphatic heterocycles. The van der Waals surface area contributed by atoms with Gasteiger partial charge in [0.1, 0.15) is 5.03 Å². The highest BCUT2D eigenvalue weighted by Crippen LogP contribution is 2.45. The topological polar surface area (TPSA) is 59.5 Å². The van der Waals surface area contributed by atoms with E-state index < -0.39 is 12.2 Å². The summed E-state index contributed by atoms with van der Waals surface area (Å²) in [6, 6.07) is 25.0. The molecule has 4 aromatic rings. The second-order valence-corrected chi connectivity index (χ2v) is 9.64. The molecule has 0 unspecified atom stereocenters. The molecule has 0 fully saturated rings. The molecule has 0 radical (unpaired) electrons. The zero-order valence-electron chi connectivity index (χ0n) is 18.9. The van der Waals surface area contributed by atoms with Crippen LogP contribution in [0.15, 0.2) is 95.0 Å². The van der Waals surface area contributed by atoms with Crippen LogP contribution in [-0.2, 0) is 11.3 Å². The summed E-state index contributed by atoms with van der Waals surface area (Å²) in [7, 11) is 1.68. The lowest BCUT2D eigenvalue weighted by Gasteiger charge is -2.22. The van der Waals surface area contributed by atoms with Gasteiger partial charge >= 0.3 is 6.09 Å². The Morgan fingerprint density at radius 2 is 1.66 bits per heavy atom. The molecule has 3 aromatic carbocycles. The Morgan fingerprint density at radius 3 is 2.34 bits per heavy atom. The predicted molar refractivity (Wildman–Crippen MR) is 137 cm³/mol. The summed E-state index contributed by atoms with van der Waals surface area (Å²) in [5, 5.41) is 1.13. The molecule has 0 spiro atoms. The Labute approximate surface area is 212 Å². The van der Waals surface area contributed by atoms with Crippen LogP contribution in [0, 0.1) is 0 Å². The van der Waals surface area contributed by atoms with Crippen LogP contribution >= 0.6 is 23.4 Å². The lowest BCUT2D eigenvalue weighted by Crippen LogP contribution is -2.28. The van der Waals surface area contributed by atoms with E-state index in [1.54, 1.807) is 25.4 Å². The molecule has 0 N–H and O–H groups in total. The molecule has 0 bridgehead atoms. The second kappa shape index (κ2) is 9.94. The van der Waals surface area contributed by atoms with Gasteiger partial charge in [0.15, 0.2) is 12.4 Å². The van der Waals surface area contributed by atoms with E-state index in [0.29, 0.717) is 15.6 Å². The Morgan fingerprint density at radius 1 is 1.03 bits per heavy atom. The normalized spacial score (nSPS) is 12.1. The van der Waals surface area contributed by atoms with Gasteiger partial charge in [-0.1, -0.05) is 90.1 Å². The Kier molecular flexibility index (Phi) is 6.57. The summed E-state index contributed by atoms with van der Waals surface area (Å²) < 4.78 is 6.00. The van der Waals surface area contributed by atoms with E-state index in [0.717, 1.165) is 39.0 Å². The number of nitrogens with zero attached hydrogens (tertiary/aromatic N) is 2. The molecule has 1 amide bonds. The van der Waals surface area contributed by atoms with E-state index in [4.69, 9.17) is 16.3 Å². The molecule has 1 heterocycles. The maximum Gasteiger partial charge on any atom is 0.410 e. The summed E-state index contributed by atoms with van der Waals surface area (Å²) in [5.41, 5.74) is 5.44. The second-order valence-electron chi connectivity index (χ2n) is 8.17. The Hall–Kier alpha value is -3.61. The number of halogens is 1. The quantitative estimate of drug-likeness (QED) is 0.266. The first-order valence-electron chi connectivity index (χ1n) is 11.0. The van der Waals surface area contributed by atoms with Gasteiger partial charge in [-0.25, -0.2) is 9.78 Å². The van der Waals surface area contributed by atoms with E-state index in [-0.39, 0.29) is 6.54 Å². The van der Waals surface area contributed by atoms with Gasteiger partial charge in [-0.3, -0.25) is 4.79 Å². The fourth-order valence-electron chi connectivity index (χ4n) is 4.20. The van der Waals surface area contributed by atoms with E-state index in [1.165, 1.54) is 16.7 Å².